The summed E-state index contributed by atoms with van der Waals surface area (Å²) in [4.78, 5) is 3.35. The summed E-state index contributed by atoms with van der Waals surface area (Å²) >= 11 is 0. The summed E-state index contributed by atoms with van der Waals surface area (Å²) in [7, 11) is 0. The molecule has 0 saturated heterocycles. The quantitative estimate of drug-likeness (QED) is 0.427. The largest absolute Gasteiger partial charge is 0.555 e. The van der Waals surface area contributed by atoms with Crippen LogP contribution in [0, 0.1) is 5.82 Å². The molecule has 0 fully saturated rings. The van der Waals surface area contributed by atoms with Gasteiger partial charge in [-0.15, -0.1) is 0 Å². The molecule has 1 aromatic rings. The van der Waals surface area contributed by atoms with E-state index in [4.69, 9.17) is 15.1 Å². The van der Waals surface area contributed by atoms with Crippen molar-refractivity contribution in [3.63, 3.8) is 0 Å². The van der Waals surface area contributed by atoms with Crippen molar-refractivity contribution in [2.45, 2.75) is 0 Å². The number of rotatable bonds is 1. The van der Waals surface area contributed by atoms with Crippen LogP contribution in [0.15, 0.2) is 18.3 Å². The molecule has 6 heteroatoms. The summed E-state index contributed by atoms with van der Waals surface area (Å²) in [6.07, 6.45) is 1.03. The third-order valence-corrected chi connectivity index (χ3v) is 1.14. The molecule has 60 valence electrons. The zero-order valence-electron chi connectivity index (χ0n) is 5.48. The van der Waals surface area contributed by atoms with Crippen LogP contribution in [0.1, 0.15) is 0 Å². The Morgan fingerprint density at radius 2 is 2.00 bits per heavy atom. The predicted molar refractivity (Wildman–Crippen MR) is 36.2 cm³/mol. The lowest BCUT2D eigenvalue weighted by atomic mass is 9.75. The van der Waals surface area contributed by atoms with Gasteiger partial charge in [0.05, 0.1) is 0 Å². The van der Waals surface area contributed by atoms with Gasteiger partial charge in [-0.25, -0.2) is 4.39 Å². The second kappa shape index (κ2) is 2.57. The summed E-state index contributed by atoms with van der Waals surface area (Å²) in [5.74, 6) is -0.682. The molecule has 0 saturated carbocycles. The Labute approximate surface area is 62.0 Å². The van der Waals surface area contributed by atoms with Gasteiger partial charge in [-0.2, -0.15) is 0 Å². The Morgan fingerprint density at radius 1 is 1.36 bits per heavy atom. The van der Waals surface area contributed by atoms with Crippen molar-refractivity contribution in [3.8, 4) is 0 Å². The lowest BCUT2D eigenvalue weighted by Gasteiger charge is -2.19. The SMILES string of the molecule is O[B-](O)(O)c1cc(F)ccn1. The summed E-state index contributed by atoms with van der Waals surface area (Å²) in [6.45, 7) is -3.67. The highest BCUT2D eigenvalue weighted by atomic mass is 19.1. The number of hydrogen-bond acceptors (Lipinski definition) is 4. The lowest BCUT2D eigenvalue weighted by Crippen LogP contribution is -2.50. The van der Waals surface area contributed by atoms with Gasteiger partial charge in [0.15, 0.2) is 0 Å². The lowest BCUT2D eigenvalue weighted by molar-refractivity contribution is 0.248. The average Bonchev–Trinajstić information content (AvgIpc) is 1.86. The average molecular weight is 158 g/mol. The molecule has 0 radical (unpaired) electrons. The molecular weight excluding hydrogens is 152 g/mol. The van der Waals surface area contributed by atoms with E-state index < -0.39 is 18.2 Å². The van der Waals surface area contributed by atoms with E-state index >= 15 is 0 Å². The number of pyridine rings is 1. The van der Waals surface area contributed by atoms with Crippen molar-refractivity contribution in [3.05, 3.63) is 24.1 Å². The maximum Gasteiger partial charge on any atom is 0.420 e. The maximum atomic E-state index is 12.3. The van der Waals surface area contributed by atoms with E-state index in [1.807, 2.05) is 0 Å². The first-order chi connectivity index (χ1) is 5.00. The molecule has 11 heavy (non-hydrogen) atoms. The molecule has 1 heterocycles. The monoisotopic (exact) mass is 158 g/mol. The van der Waals surface area contributed by atoms with Crippen LogP contribution < -0.4 is 5.59 Å². The molecule has 0 aliphatic rings. The van der Waals surface area contributed by atoms with E-state index in [1.54, 1.807) is 0 Å². The van der Waals surface area contributed by atoms with Gasteiger partial charge in [-0.1, -0.05) is 0 Å². The van der Waals surface area contributed by atoms with Gasteiger partial charge in [0.2, 0.25) is 0 Å². The number of aromatic nitrogens is 1. The molecule has 1 rings (SSSR count). The zero-order valence-corrected chi connectivity index (χ0v) is 5.48. The van der Waals surface area contributed by atoms with Crippen molar-refractivity contribution < 1.29 is 19.5 Å². The number of halogens is 1. The minimum atomic E-state index is -3.67. The highest BCUT2D eigenvalue weighted by Gasteiger charge is 2.19. The van der Waals surface area contributed by atoms with Gasteiger partial charge in [0, 0.05) is 6.20 Å². The minimum Gasteiger partial charge on any atom is -0.555 e. The molecule has 0 spiro atoms. The third-order valence-electron chi connectivity index (χ3n) is 1.14. The molecule has 0 aromatic carbocycles. The zero-order chi connectivity index (χ0) is 8.48. The van der Waals surface area contributed by atoms with Gasteiger partial charge in [-0.3, -0.25) is 4.98 Å². The molecule has 4 nitrogen and oxygen atoms in total. The topological polar surface area (TPSA) is 73.6 Å². The molecule has 0 bridgehead atoms. The van der Waals surface area contributed by atoms with Crippen molar-refractivity contribution >= 4 is 12.3 Å². The van der Waals surface area contributed by atoms with E-state index in [2.05, 4.69) is 4.98 Å². The van der Waals surface area contributed by atoms with Crippen molar-refractivity contribution in [1.29, 1.82) is 0 Å². The fourth-order valence-corrected chi connectivity index (χ4v) is 0.633. The second-order valence-corrected chi connectivity index (χ2v) is 2.13. The van der Waals surface area contributed by atoms with E-state index in [0.29, 0.717) is 0 Å². The Kier molecular flexibility index (Phi) is 1.90. The Hall–Kier alpha value is -0.975. The van der Waals surface area contributed by atoms with Gasteiger partial charge >= 0.3 is 6.75 Å². The molecule has 1 aromatic heterocycles. The predicted octanol–water partition coefficient (Wildman–Crippen LogP) is -1.66. The number of hydrogen-bond donors (Lipinski definition) is 3. The fourth-order valence-electron chi connectivity index (χ4n) is 0.633. The second-order valence-electron chi connectivity index (χ2n) is 2.13. The molecule has 3 N–H and O–H groups in total. The minimum absolute atomic E-state index is 0.481. The summed E-state index contributed by atoms with van der Waals surface area (Å²) in [5.41, 5.74) is -0.481. The normalized spacial score (nSPS) is 11.6. The first kappa shape index (κ1) is 8.12. The Balaban J connectivity index is 3.06. The molecule has 0 atom stereocenters. The Bertz CT molecular complexity index is 262. The van der Waals surface area contributed by atoms with Crippen LogP contribution in [0.2, 0.25) is 0 Å². The van der Waals surface area contributed by atoms with Crippen LogP contribution in [0.5, 0.6) is 0 Å². The number of nitrogens with zero attached hydrogens (tertiary/aromatic N) is 1. The van der Waals surface area contributed by atoms with E-state index in [1.165, 1.54) is 0 Å². The molecule has 0 unspecified atom stereocenters. The van der Waals surface area contributed by atoms with Crippen LogP contribution in [0.4, 0.5) is 4.39 Å². The molecule has 0 aliphatic carbocycles. The molecule has 0 aliphatic heterocycles. The van der Waals surface area contributed by atoms with Gasteiger partial charge in [0.1, 0.15) is 5.82 Å². The van der Waals surface area contributed by atoms with Crippen LogP contribution in [-0.2, 0) is 0 Å². The van der Waals surface area contributed by atoms with Gasteiger partial charge in [0.25, 0.3) is 0 Å². The first-order valence-corrected chi connectivity index (χ1v) is 2.93. The fraction of sp³-hybridized carbons (Fsp3) is 0. The Morgan fingerprint density at radius 3 is 2.36 bits per heavy atom. The summed E-state index contributed by atoms with van der Waals surface area (Å²) < 4.78 is 12.3. The van der Waals surface area contributed by atoms with E-state index in [9.17, 15) is 4.39 Å². The highest BCUT2D eigenvalue weighted by Crippen LogP contribution is 1.93. The highest BCUT2D eigenvalue weighted by molar-refractivity contribution is 6.70. The van der Waals surface area contributed by atoms with Crippen molar-refractivity contribution in [2.75, 3.05) is 0 Å². The van der Waals surface area contributed by atoms with Crippen LogP contribution >= 0.6 is 0 Å². The summed E-state index contributed by atoms with van der Waals surface area (Å²) in [6, 6.07) is 1.78. The molecular formula is C5H6BFNO3-. The summed E-state index contributed by atoms with van der Waals surface area (Å²) in [5, 5.41) is 25.7. The smallest absolute Gasteiger partial charge is 0.420 e. The standard InChI is InChI=1S/C5H6BFNO3/c7-4-1-2-8-5(3-4)6(9,10)11/h1-3,9-11H/q-1. The van der Waals surface area contributed by atoms with Crippen LogP contribution in [0.3, 0.4) is 0 Å². The first-order valence-electron chi connectivity index (χ1n) is 2.93. The molecule has 0 amide bonds. The van der Waals surface area contributed by atoms with E-state index in [0.717, 1.165) is 18.3 Å². The van der Waals surface area contributed by atoms with Gasteiger partial charge in [-0.05, 0) is 17.7 Å². The van der Waals surface area contributed by atoms with Crippen LogP contribution in [-0.4, -0.2) is 26.8 Å². The third kappa shape index (κ3) is 1.97. The van der Waals surface area contributed by atoms with Crippen molar-refractivity contribution in [2.24, 2.45) is 0 Å². The van der Waals surface area contributed by atoms with Gasteiger partial charge < -0.3 is 15.1 Å². The maximum absolute atomic E-state index is 12.3. The van der Waals surface area contributed by atoms with E-state index in [-0.39, 0.29) is 0 Å². The van der Waals surface area contributed by atoms with Crippen LogP contribution in [0.25, 0.3) is 0 Å². The van der Waals surface area contributed by atoms with Crippen molar-refractivity contribution in [1.82, 2.24) is 4.98 Å².